The van der Waals surface area contributed by atoms with E-state index in [1.165, 1.54) is 0 Å². The molecule has 4 heteroatoms. The van der Waals surface area contributed by atoms with E-state index >= 15 is 0 Å². The van der Waals surface area contributed by atoms with Crippen molar-refractivity contribution in [1.29, 1.82) is 0 Å². The summed E-state index contributed by atoms with van der Waals surface area (Å²) >= 11 is 0. The van der Waals surface area contributed by atoms with Gasteiger partial charge in [0.25, 0.3) is 0 Å². The zero-order valence-electron chi connectivity index (χ0n) is 12.6. The first-order valence-electron chi connectivity index (χ1n) is 7.38. The van der Waals surface area contributed by atoms with Crippen molar-refractivity contribution in [2.45, 2.75) is 25.9 Å². The minimum Gasteiger partial charge on any atom is -0.344 e. The number of carbonyl (C=O) groups is 2. The van der Waals surface area contributed by atoms with E-state index in [0.717, 1.165) is 17.5 Å². The van der Waals surface area contributed by atoms with Crippen molar-refractivity contribution in [1.82, 2.24) is 10.6 Å². The van der Waals surface area contributed by atoms with Crippen molar-refractivity contribution in [2.75, 3.05) is 0 Å². The number of rotatable bonds is 5. The van der Waals surface area contributed by atoms with Crippen LogP contribution in [0.5, 0.6) is 0 Å². The highest BCUT2D eigenvalue weighted by molar-refractivity contribution is 6.35. The fraction of sp³-hybridized carbons (Fsp3) is 0.222. The Morgan fingerprint density at radius 3 is 2.09 bits per heavy atom. The van der Waals surface area contributed by atoms with Gasteiger partial charge in [-0.15, -0.1) is 0 Å². The van der Waals surface area contributed by atoms with Crippen LogP contribution < -0.4 is 10.6 Å². The third-order valence-corrected chi connectivity index (χ3v) is 3.42. The summed E-state index contributed by atoms with van der Waals surface area (Å²) in [6.07, 6.45) is 0.724. The van der Waals surface area contributed by atoms with Gasteiger partial charge < -0.3 is 10.6 Å². The van der Waals surface area contributed by atoms with E-state index in [0.29, 0.717) is 6.54 Å². The van der Waals surface area contributed by atoms with Crippen molar-refractivity contribution in [3.8, 4) is 0 Å². The quantitative estimate of drug-likeness (QED) is 0.833. The molecule has 0 saturated carbocycles. The maximum atomic E-state index is 12.0. The van der Waals surface area contributed by atoms with E-state index in [9.17, 15) is 9.59 Å². The highest BCUT2D eigenvalue weighted by Crippen LogP contribution is 2.15. The predicted molar refractivity (Wildman–Crippen MR) is 85.9 cm³/mol. The van der Waals surface area contributed by atoms with Crippen molar-refractivity contribution >= 4 is 11.8 Å². The fourth-order valence-electron chi connectivity index (χ4n) is 2.19. The van der Waals surface area contributed by atoms with Crippen LogP contribution in [0.2, 0.25) is 0 Å². The smallest absolute Gasteiger partial charge is 0.309 e. The maximum Gasteiger partial charge on any atom is 0.309 e. The molecule has 2 aromatic rings. The van der Waals surface area contributed by atoms with Crippen molar-refractivity contribution in [2.24, 2.45) is 0 Å². The summed E-state index contributed by atoms with van der Waals surface area (Å²) in [5, 5.41) is 5.40. The Balaban J connectivity index is 1.89. The van der Waals surface area contributed by atoms with Gasteiger partial charge in [-0.2, -0.15) is 0 Å². The molecule has 0 aromatic heterocycles. The Bertz CT molecular complexity index is 611. The second-order valence-corrected chi connectivity index (χ2v) is 5.01. The SMILES string of the molecule is CC[C@@H](NC(=O)C(=O)NCc1ccccc1)c1ccccc1. The van der Waals surface area contributed by atoms with Crippen LogP contribution in [0.4, 0.5) is 0 Å². The maximum absolute atomic E-state index is 12.0. The van der Waals surface area contributed by atoms with Crippen LogP contribution in [0.3, 0.4) is 0 Å². The molecule has 0 aliphatic carbocycles. The predicted octanol–water partition coefficient (Wildman–Crippen LogP) is 2.57. The molecule has 114 valence electrons. The Morgan fingerprint density at radius 2 is 1.50 bits per heavy atom. The van der Waals surface area contributed by atoms with Gasteiger partial charge in [0.15, 0.2) is 0 Å². The summed E-state index contributed by atoms with van der Waals surface area (Å²) < 4.78 is 0. The topological polar surface area (TPSA) is 58.2 Å². The molecule has 0 bridgehead atoms. The molecule has 22 heavy (non-hydrogen) atoms. The highest BCUT2D eigenvalue weighted by atomic mass is 16.2. The molecule has 0 aliphatic heterocycles. The summed E-state index contributed by atoms with van der Waals surface area (Å²) in [7, 11) is 0. The molecule has 0 heterocycles. The lowest BCUT2D eigenvalue weighted by Gasteiger charge is -2.17. The van der Waals surface area contributed by atoms with Gasteiger partial charge >= 0.3 is 11.8 Å². The molecule has 0 spiro atoms. The molecule has 2 amide bonds. The zero-order chi connectivity index (χ0) is 15.8. The molecule has 2 aromatic carbocycles. The Kier molecular flexibility index (Phi) is 5.72. The Labute approximate surface area is 130 Å². The second kappa shape index (κ2) is 7.98. The monoisotopic (exact) mass is 296 g/mol. The van der Waals surface area contributed by atoms with Gasteiger partial charge in [-0.05, 0) is 17.5 Å². The van der Waals surface area contributed by atoms with Crippen LogP contribution in [0, 0.1) is 0 Å². The van der Waals surface area contributed by atoms with Gasteiger partial charge in [0.05, 0.1) is 6.04 Å². The van der Waals surface area contributed by atoms with Gasteiger partial charge in [0.1, 0.15) is 0 Å². The molecule has 2 rings (SSSR count). The summed E-state index contributed by atoms with van der Waals surface area (Å²) in [6.45, 7) is 2.31. The van der Waals surface area contributed by atoms with Crippen molar-refractivity contribution in [3.05, 3.63) is 71.8 Å². The first kappa shape index (κ1) is 15.8. The van der Waals surface area contributed by atoms with Gasteiger partial charge in [-0.1, -0.05) is 67.6 Å². The second-order valence-electron chi connectivity index (χ2n) is 5.01. The zero-order valence-corrected chi connectivity index (χ0v) is 12.6. The van der Waals surface area contributed by atoms with Gasteiger partial charge in [-0.3, -0.25) is 9.59 Å². The molecule has 0 unspecified atom stereocenters. The molecular weight excluding hydrogens is 276 g/mol. The summed E-state index contributed by atoms with van der Waals surface area (Å²) in [5.41, 5.74) is 1.95. The Morgan fingerprint density at radius 1 is 0.909 bits per heavy atom. The van der Waals surface area contributed by atoms with Crippen LogP contribution in [0.1, 0.15) is 30.5 Å². The average molecular weight is 296 g/mol. The highest BCUT2D eigenvalue weighted by Gasteiger charge is 2.18. The Hall–Kier alpha value is -2.62. The molecule has 0 saturated heterocycles. The number of benzene rings is 2. The van der Waals surface area contributed by atoms with E-state index in [1.54, 1.807) is 0 Å². The van der Waals surface area contributed by atoms with E-state index < -0.39 is 11.8 Å². The lowest BCUT2D eigenvalue weighted by Crippen LogP contribution is -2.41. The number of hydrogen-bond donors (Lipinski definition) is 2. The normalized spacial score (nSPS) is 11.5. The number of hydrogen-bond acceptors (Lipinski definition) is 2. The molecule has 1 atom stereocenters. The number of carbonyl (C=O) groups excluding carboxylic acids is 2. The van der Waals surface area contributed by atoms with Crippen LogP contribution in [-0.4, -0.2) is 11.8 Å². The molecule has 0 radical (unpaired) electrons. The third-order valence-electron chi connectivity index (χ3n) is 3.42. The first-order chi connectivity index (χ1) is 10.7. The third kappa shape index (κ3) is 4.45. The summed E-state index contributed by atoms with van der Waals surface area (Å²) in [5.74, 6) is -1.22. The standard InChI is InChI=1S/C18H20N2O2/c1-2-16(15-11-7-4-8-12-15)20-18(22)17(21)19-13-14-9-5-3-6-10-14/h3-12,16H,2,13H2,1H3,(H,19,21)(H,20,22)/t16-/m1/s1. The van der Waals surface area contributed by atoms with E-state index in [1.807, 2.05) is 67.6 Å². The lowest BCUT2D eigenvalue weighted by atomic mass is 10.0. The van der Waals surface area contributed by atoms with Crippen molar-refractivity contribution in [3.63, 3.8) is 0 Å². The largest absolute Gasteiger partial charge is 0.344 e. The van der Waals surface area contributed by atoms with Crippen LogP contribution in [-0.2, 0) is 16.1 Å². The molecule has 0 aliphatic rings. The van der Waals surface area contributed by atoms with Gasteiger partial charge in [0.2, 0.25) is 0 Å². The first-order valence-corrected chi connectivity index (χ1v) is 7.38. The summed E-state index contributed by atoms with van der Waals surface area (Å²) in [6, 6.07) is 19.0. The van der Waals surface area contributed by atoms with Crippen LogP contribution in [0.25, 0.3) is 0 Å². The average Bonchev–Trinajstić information content (AvgIpc) is 2.59. The fourth-order valence-corrected chi connectivity index (χ4v) is 2.19. The number of nitrogens with one attached hydrogen (secondary N) is 2. The van der Waals surface area contributed by atoms with Crippen molar-refractivity contribution < 1.29 is 9.59 Å². The van der Waals surface area contributed by atoms with Gasteiger partial charge in [0, 0.05) is 6.54 Å². The molecule has 4 nitrogen and oxygen atoms in total. The lowest BCUT2D eigenvalue weighted by molar-refractivity contribution is -0.139. The van der Waals surface area contributed by atoms with E-state index in [4.69, 9.17) is 0 Å². The van der Waals surface area contributed by atoms with E-state index in [-0.39, 0.29) is 6.04 Å². The number of amides is 2. The molecule has 0 fully saturated rings. The molecular formula is C18H20N2O2. The minimum absolute atomic E-state index is 0.156. The van der Waals surface area contributed by atoms with E-state index in [2.05, 4.69) is 10.6 Å². The van der Waals surface area contributed by atoms with Crippen LogP contribution in [0.15, 0.2) is 60.7 Å². The molecule has 2 N–H and O–H groups in total. The van der Waals surface area contributed by atoms with Crippen LogP contribution >= 0.6 is 0 Å². The van der Waals surface area contributed by atoms with Gasteiger partial charge in [-0.25, -0.2) is 0 Å². The minimum atomic E-state index is -0.613. The summed E-state index contributed by atoms with van der Waals surface area (Å²) in [4.78, 5) is 23.9.